The van der Waals surface area contributed by atoms with Gasteiger partial charge in [0.15, 0.2) is 5.13 Å². The molecule has 1 aromatic heterocycles. The van der Waals surface area contributed by atoms with Gasteiger partial charge in [0.1, 0.15) is 11.6 Å². The maximum absolute atomic E-state index is 13.1. The first-order valence-electron chi connectivity index (χ1n) is 8.91. The van der Waals surface area contributed by atoms with Crippen LogP contribution in [0.1, 0.15) is 10.4 Å². The quantitative estimate of drug-likeness (QED) is 0.452. The molecule has 0 saturated heterocycles. The number of halogens is 1. The zero-order valence-electron chi connectivity index (χ0n) is 15.6. The SMILES string of the molecule is COc1ccc(-c2sc(NC(=O)c3ccc(F)cc3)nc2-c2ccccc2)cc1. The van der Waals surface area contributed by atoms with E-state index in [0.717, 1.165) is 27.4 Å². The fraction of sp³-hybridized carbons (Fsp3) is 0.0435. The molecule has 29 heavy (non-hydrogen) atoms. The van der Waals surface area contributed by atoms with Crippen molar-refractivity contribution in [3.63, 3.8) is 0 Å². The number of rotatable bonds is 5. The molecule has 144 valence electrons. The molecule has 1 N–H and O–H groups in total. The van der Waals surface area contributed by atoms with Gasteiger partial charge >= 0.3 is 0 Å². The summed E-state index contributed by atoms with van der Waals surface area (Å²) in [5.41, 5.74) is 3.09. The van der Waals surface area contributed by atoms with Gasteiger partial charge in [-0.05, 0) is 54.1 Å². The van der Waals surface area contributed by atoms with Gasteiger partial charge in [0.25, 0.3) is 5.91 Å². The van der Waals surface area contributed by atoms with Crippen LogP contribution >= 0.6 is 11.3 Å². The summed E-state index contributed by atoms with van der Waals surface area (Å²) in [6, 6.07) is 22.9. The number of amides is 1. The molecule has 4 rings (SSSR count). The lowest BCUT2D eigenvalue weighted by Crippen LogP contribution is -2.11. The number of anilines is 1. The molecular formula is C23H17FN2O2S. The zero-order chi connectivity index (χ0) is 20.2. The molecule has 0 saturated carbocycles. The highest BCUT2D eigenvalue weighted by Gasteiger charge is 2.17. The third-order valence-electron chi connectivity index (χ3n) is 4.35. The van der Waals surface area contributed by atoms with Gasteiger partial charge in [0, 0.05) is 11.1 Å². The Bertz CT molecular complexity index is 1120. The summed E-state index contributed by atoms with van der Waals surface area (Å²) in [7, 11) is 1.63. The van der Waals surface area contributed by atoms with Gasteiger partial charge in [0.2, 0.25) is 0 Å². The second-order valence-corrected chi connectivity index (χ2v) is 7.25. The highest BCUT2D eigenvalue weighted by molar-refractivity contribution is 7.19. The lowest BCUT2D eigenvalue weighted by atomic mass is 10.1. The van der Waals surface area contributed by atoms with Crippen LogP contribution in [0.15, 0.2) is 78.9 Å². The van der Waals surface area contributed by atoms with Crippen LogP contribution in [0.25, 0.3) is 21.7 Å². The number of thiazole rings is 1. The highest BCUT2D eigenvalue weighted by Crippen LogP contribution is 2.39. The van der Waals surface area contributed by atoms with E-state index in [-0.39, 0.29) is 11.7 Å². The predicted molar refractivity (Wildman–Crippen MR) is 114 cm³/mol. The summed E-state index contributed by atoms with van der Waals surface area (Å²) in [6.45, 7) is 0. The number of hydrogen-bond donors (Lipinski definition) is 1. The number of carbonyl (C=O) groups excluding carboxylic acids is 1. The second kappa shape index (κ2) is 8.24. The van der Waals surface area contributed by atoms with Crippen LogP contribution in [0.4, 0.5) is 9.52 Å². The summed E-state index contributed by atoms with van der Waals surface area (Å²) in [6.07, 6.45) is 0. The van der Waals surface area contributed by atoms with E-state index in [4.69, 9.17) is 4.74 Å². The third kappa shape index (κ3) is 4.17. The number of hydrogen-bond acceptors (Lipinski definition) is 4. The molecule has 1 amide bonds. The number of benzene rings is 3. The third-order valence-corrected chi connectivity index (χ3v) is 5.37. The number of nitrogens with one attached hydrogen (secondary N) is 1. The molecule has 1 heterocycles. The molecule has 0 spiro atoms. The highest BCUT2D eigenvalue weighted by atomic mass is 32.1. The first-order chi connectivity index (χ1) is 14.1. The molecule has 3 aromatic carbocycles. The van der Waals surface area contributed by atoms with Gasteiger partial charge in [-0.15, -0.1) is 0 Å². The van der Waals surface area contributed by atoms with Crippen LogP contribution in [-0.2, 0) is 0 Å². The normalized spacial score (nSPS) is 10.6. The van der Waals surface area contributed by atoms with Crippen LogP contribution in [-0.4, -0.2) is 18.0 Å². The van der Waals surface area contributed by atoms with Crippen molar-refractivity contribution in [3.05, 3.63) is 90.2 Å². The van der Waals surface area contributed by atoms with Crippen molar-refractivity contribution in [2.45, 2.75) is 0 Å². The summed E-state index contributed by atoms with van der Waals surface area (Å²) >= 11 is 1.39. The fourth-order valence-electron chi connectivity index (χ4n) is 2.87. The molecule has 0 atom stereocenters. The van der Waals surface area contributed by atoms with Gasteiger partial charge in [0.05, 0.1) is 17.7 Å². The van der Waals surface area contributed by atoms with E-state index in [0.29, 0.717) is 10.7 Å². The molecular weight excluding hydrogens is 387 g/mol. The minimum absolute atomic E-state index is 0.334. The maximum Gasteiger partial charge on any atom is 0.257 e. The summed E-state index contributed by atoms with van der Waals surface area (Å²) in [4.78, 5) is 18.1. The minimum Gasteiger partial charge on any atom is -0.497 e. The topological polar surface area (TPSA) is 51.2 Å². The number of nitrogens with zero attached hydrogens (tertiary/aromatic N) is 1. The molecule has 0 aliphatic heterocycles. The smallest absolute Gasteiger partial charge is 0.257 e. The molecule has 0 fully saturated rings. The van der Waals surface area contributed by atoms with E-state index in [1.165, 1.54) is 35.6 Å². The molecule has 0 aliphatic carbocycles. The number of ether oxygens (including phenoxy) is 1. The van der Waals surface area contributed by atoms with Crippen molar-refractivity contribution in [3.8, 4) is 27.4 Å². The Labute approximate surface area is 171 Å². The Morgan fingerprint density at radius 1 is 0.931 bits per heavy atom. The lowest BCUT2D eigenvalue weighted by molar-refractivity contribution is 0.102. The number of methoxy groups -OCH3 is 1. The van der Waals surface area contributed by atoms with Crippen LogP contribution in [0.3, 0.4) is 0 Å². The van der Waals surface area contributed by atoms with Crippen LogP contribution in [0, 0.1) is 5.82 Å². The van der Waals surface area contributed by atoms with E-state index < -0.39 is 0 Å². The van der Waals surface area contributed by atoms with Gasteiger partial charge in [-0.2, -0.15) is 0 Å². The Balaban J connectivity index is 1.71. The summed E-state index contributed by atoms with van der Waals surface area (Å²) in [5.74, 6) is 0.0490. The first-order valence-corrected chi connectivity index (χ1v) is 9.73. The fourth-order valence-corrected chi connectivity index (χ4v) is 3.86. The van der Waals surface area contributed by atoms with Crippen molar-refractivity contribution in [2.75, 3.05) is 12.4 Å². The predicted octanol–water partition coefficient (Wildman–Crippen LogP) is 5.88. The second-order valence-electron chi connectivity index (χ2n) is 6.25. The van der Waals surface area contributed by atoms with Crippen molar-refractivity contribution in [2.24, 2.45) is 0 Å². The van der Waals surface area contributed by atoms with Gasteiger partial charge in [-0.25, -0.2) is 9.37 Å². The largest absolute Gasteiger partial charge is 0.497 e. The lowest BCUT2D eigenvalue weighted by Gasteiger charge is -2.04. The summed E-state index contributed by atoms with van der Waals surface area (Å²) < 4.78 is 18.4. The summed E-state index contributed by atoms with van der Waals surface area (Å²) in [5, 5.41) is 3.30. The standard InChI is InChI=1S/C23H17FN2O2S/c1-28-19-13-9-16(10-14-19)21-20(15-5-3-2-4-6-15)25-23(29-21)26-22(27)17-7-11-18(24)12-8-17/h2-14H,1H3,(H,25,26,27). The first kappa shape index (κ1) is 18.8. The molecule has 0 radical (unpaired) electrons. The van der Waals surface area contributed by atoms with E-state index in [9.17, 15) is 9.18 Å². The van der Waals surface area contributed by atoms with Gasteiger partial charge in [-0.3, -0.25) is 10.1 Å². The Kier molecular flexibility index (Phi) is 5.35. The minimum atomic E-state index is -0.385. The van der Waals surface area contributed by atoms with E-state index >= 15 is 0 Å². The van der Waals surface area contributed by atoms with Crippen molar-refractivity contribution in [1.82, 2.24) is 4.98 Å². The Morgan fingerprint density at radius 2 is 1.62 bits per heavy atom. The van der Waals surface area contributed by atoms with Gasteiger partial charge < -0.3 is 4.74 Å². The Morgan fingerprint density at radius 3 is 2.28 bits per heavy atom. The van der Waals surface area contributed by atoms with Crippen molar-refractivity contribution < 1.29 is 13.9 Å². The Hall–Kier alpha value is -3.51. The van der Waals surface area contributed by atoms with Crippen molar-refractivity contribution >= 4 is 22.4 Å². The molecule has 6 heteroatoms. The monoisotopic (exact) mass is 404 g/mol. The number of aromatic nitrogens is 1. The maximum atomic E-state index is 13.1. The molecule has 0 bridgehead atoms. The van der Waals surface area contributed by atoms with Crippen LogP contribution < -0.4 is 10.1 Å². The number of carbonyl (C=O) groups is 1. The molecule has 4 aromatic rings. The van der Waals surface area contributed by atoms with Crippen LogP contribution in [0.5, 0.6) is 5.75 Å². The van der Waals surface area contributed by atoms with Crippen LogP contribution in [0.2, 0.25) is 0 Å². The molecule has 4 nitrogen and oxygen atoms in total. The zero-order valence-corrected chi connectivity index (χ0v) is 16.4. The van der Waals surface area contributed by atoms with Gasteiger partial charge in [-0.1, -0.05) is 41.7 Å². The van der Waals surface area contributed by atoms with E-state index in [2.05, 4.69) is 10.3 Å². The van der Waals surface area contributed by atoms with E-state index in [1.807, 2.05) is 54.6 Å². The molecule has 0 aliphatic rings. The van der Waals surface area contributed by atoms with E-state index in [1.54, 1.807) is 7.11 Å². The van der Waals surface area contributed by atoms with Crippen molar-refractivity contribution in [1.29, 1.82) is 0 Å². The molecule has 0 unspecified atom stereocenters. The average molecular weight is 404 g/mol. The average Bonchev–Trinajstić information content (AvgIpc) is 3.18.